The smallest absolute Gasteiger partial charge is 0.0866 e. The predicted octanol–water partition coefficient (Wildman–Crippen LogP) is 0.959. The summed E-state index contributed by atoms with van der Waals surface area (Å²) in [7, 11) is 2.03. The summed E-state index contributed by atoms with van der Waals surface area (Å²) in [6.07, 6.45) is 5.03. The molecule has 0 spiro atoms. The minimum absolute atomic E-state index is 0.529. The van der Waals surface area contributed by atoms with Crippen LogP contribution in [0.1, 0.15) is 25.7 Å². The molecule has 0 amide bonds. The minimum Gasteiger partial charge on any atom is -0.330 e. The average Bonchev–Trinajstić information content (AvgIpc) is 2.18. The molecule has 2 unspecified atom stereocenters. The van der Waals surface area contributed by atoms with Gasteiger partial charge in [0.15, 0.2) is 0 Å². The van der Waals surface area contributed by atoms with E-state index in [9.17, 15) is 0 Å². The van der Waals surface area contributed by atoms with Crippen molar-refractivity contribution >= 4 is 0 Å². The third-order valence-corrected chi connectivity index (χ3v) is 3.06. The van der Waals surface area contributed by atoms with Crippen molar-refractivity contribution in [3.05, 3.63) is 0 Å². The molecule has 1 rings (SSSR count). The van der Waals surface area contributed by atoms with Gasteiger partial charge >= 0.3 is 0 Å². The van der Waals surface area contributed by atoms with Crippen molar-refractivity contribution in [2.45, 2.75) is 31.7 Å². The monoisotopic (exact) mass is 181 g/mol. The Labute approximate surface area is 80.5 Å². The summed E-state index contributed by atoms with van der Waals surface area (Å²) >= 11 is 0. The quantitative estimate of drug-likeness (QED) is 0.660. The Hall–Kier alpha value is -0.590. The first-order valence-electron chi connectivity index (χ1n) is 5.07. The topological polar surface area (TPSA) is 53.0 Å². The van der Waals surface area contributed by atoms with Crippen molar-refractivity contribution in [1.29, 1.82) is 5.26 Å². The first kappa shape index (κ1) is 10.5. The Kier molecular flexibility index (Phi) is 4.20. The van der Waals surface area contributed by atoms with E-state index in [1.165, 1.54) is 25.7 Å². The molecule has 13 heavy (non-hydrogen) atoms. The first-order valence-corrected chi connectivity index (χ1v) is 5.07. The van der Waals surface area contributed by atoms with E-state index in [1.807, 2.05) is 7.05 Å². The Morgan fingerprint density at radius 1 is 1.46 bits per heavy atom. The molecule has 0 heterocycles. The lowest BCUT2D eigenvalue weighted by Gasteiger charge is -2.36. The van der Waals surface area contributed by atoms with Crippen LogP contribution in [0.4, 0.5) is 0 Å². The van der Waals surface area contributed by atoms with Gasteiger partial charge < -0.3 is 5.73 Å². The average molecular weight is 181 g/mol. The van der Waals surface area contributed by atoms with Crippen LogP contribution in [0.2, 0.25) is 0 Å². The standard InChI is InChI=1S/C10H19N3/c1-13(7-6-11)10-5-3-2-4-9(10)8-12/h9-10H,2-5,7-8,12H2,1H3. The summed E-state index contributed by atoms with van der Waals surface area (Å²) in [6, 6.07) is 2.73. The molecular weight excluding hydrogens is 162 g/mol. The van der Waals surface area contributed by atoms with Crippen molar-refractivity contribution in [2.24, 2.45) is 11.7 Å². The lowest BCUT2D eigenvalue weighted by atomic mass is 9.84. The van der Waals surface area contributed by atoms with Gasteiger partial charge in [0.1, 0.15) is 0 Å². The zero-order valence-electron chi connectivity index (χ0n) is 8.37. The highest BCUT2D eigenvalue weighted by Gasteiger charge is 2.26. The van der Waals surface area contributed by atoms with Crippen molar-refractivity contribution in [2.75, 3.05) is 20.1 Å². The minimum atomic E-state index is 0.529. The van der Waals surface area contributed by atoms with Gasteiger partial charge in [-0.15, -0.1) is 0 Å². The normalized spacial score (nSPS) is 28.8. The Morgan fingerprint density at radius 2 is 2.15 bits per heavy atom. The molecule has 0 aromatic rings. The second kappa shape index (κ2) is 5.21. The van der Waals surface area contributed by atoms with Gasteiger partial charge in [0.2, 0.25) is 0 Å². The molecule has 1 aliphatic rings. The van der Waals surface area contributed by atoms with Gasteiger partial charge in [-0.1, -0.05) is 12.8 Å². The first-order chi connectivity index (χ1) is 6.29. The number of hydrogen-bond acceptors (Lipinski definition) is 3. The fourth-order valence-corrected chi connectivity index (χ4v) is 2.27. The van der Waals surface area contributed by atoms with Crippen LogP contribution in [0.5, 0.6) is 0 Å². The largest absolute Gasteiger partial charge is 0.330 e. The van der Waals surface area contributed by atoms with E-state index in [0.717, 1.165) is 6.54 Å². The molecule has 3 heteroatoms. The Bertz CT molecular complexity index is 185. The van der Waals surface area contributed by atoms with E-state index in [4.69, 9.17) is 11.0 Å². The lowest BCUT2D eigenvalue weighted by molar-refractivity contribution is 0.147. The molecule has 74 valence electrons. The predicted molar refractivity (Wildman–Crippen MR) is 53.0 cm³/mol. The number of hydrogen-bond donors (Lipinski definition) is 1. The summed E-state index contributed by atoms with van der Waals surface area (Å²) in [6.45, 7) is 1.29. The maximum Gasteiger partial charge on any atom is 0.0866 e. The van der Waals surface area contributed by atoms with E-state index in [-0.39, 0.29) is 0 Å². The fraction of sp³-hybridized carbons (Fsp3) is 0.900. The molecule has 0 aromatic heterocycles. The van der Waals surface area contributed by atoms with E-state index in [1.54, 1.807) is 0 Å². The third kappa shape index (κ3) is 2.68. The van der Waals surface area contributed by atoms with Gasteiger partial charge in [-0.25, -0.2) is 0 Å². The molecule has 2 atom stereocenters. The molecule has 0 radical (unpaired) electrons. The highest BCUT2D eigenvalue weighted by molar-refractivity contribution is 4.86. The van der Waals surface area contributed by atoms with Crippen LogP contribution in [0.15, 0.2) is 0 Å². The maximum atomic E-state index is 8.60. The summed E-state index contributed by atoms with van der Waals surface area (Å²) in [5.74, 6) is 0.604. The highest BCUT2D eigenvalue weighted by atomic mass is 15.1. The number of nitriles is 1. The van der Waals surface area contributed by atoms with Crippen LogP contribution in [-0.2, 0) is 0 Å². The molecular formula is C10H19N3. The van der Waals surface area contributed by atoms with E-state index in [0.29, 0.717) is 18.5 Å². The van der Waals surface area contributed by atoms with Crippen molar-refractivity contribution in [1.82, 2.24) is 4.90 Å². The summed E-state index contributed by atoms with van der Waals surface area (Å²) in [5, 5.41) is 8.60. The Morgan fingerprint density at radius 3 is 2.77 bits per heavy atom. The van der Waals surface area contributed by atoms with Crippen LogP contribution in [0.25, 0.3) is 0 Å². The second-order valence-corrected chi connectivity index (χ2v) is 3.92. The molecule has 0 saturated heterocycles. The van der Waals surface area contributed by atoms with E-state index in [2.05, 4.69) is 11.0 Å². The van der Waals surface area contributed by atoms with Crippen molar-refractivity contribution < 1.29 is 0 Å². The van der Waals surface area contributed by atoms with Gasteiger partial charge in [-0.3, -0.25) is 4.90 Å². The van der Waals surface area contributed by atoms with Crippen LogP contribution < -0.4 is 5.73 Å². The van der Waals surface area contributed by atoms with Gasteiger partial charge in [-0.2, -0.15) is 5.26 Å². The molecule has 1 fully saturated rings. The second-order valence-electron chi connectivity index (χ2n) is 3.92. The van der Waals surface area contributed by atoms with Crippen LogP contribution >= 0.6 is 0 Å². The van der Waals surface area contributed by atoms with Crippen LogP contribution in [0.3, 0.4) is 0 Å². The van der Waals surface area contributed by atoms with Crippen molar-refractivity contribution in [3.63, 3.8) is 0 Å². The van der Waals surface area contributed by atoms with Gasteiger partial charge in [-0.05, 0) is 32.4 Å². The number of nitrogens with zero attached hydrogens (tertiary/aromatic N) is 2. The molecule has 0 bridgehead atoms. The zero-order chi connectivity index (χ0) is 9.68. The molecule has 0 aliphatic heterocycles. The van der Waals surface area contributed by atoms with Gasteiger partial charge in [0.25, 0.3) is 0 Å². The zero-order valence-corrected chi connectivity index (χ0v) is 8.37. The van der Waals surface area contributed by atoms with Crippen molar-refractivity contribution in [3.8, 4) is 6.07 Å². The van der Waals surface area contributed by atoms with Crippen LogP contribution in [0, 0.1) is 17.2 Å². The van der Waals surface area contributed by atoms with E-state index < -0.39 is 0 Å². The number of nitrogens with two attached hydrogens (primary N) is 1. The molecule has 3 nitrogen and oxygen atoms in total. The number of rotatable bonds is 3. The maximum absolute atomic E-state index is 8.60. The third-order valence-electron chi connectivity index (χ3n) is 3.06. The van der Waals surface area contributed by atoms with E-state index >= 15 is 0 Å². The Balaban J connectivity index is 2.49. The summed E-state index contributed by atoms with van der Waals surface area (Å²) in [5.41, 5.74) is 5.72. The van der Waals surface area contributed by atoms with Crippen LogP contribution in [-0.4, -0.2) is 31.1 Å². The summed E-state index contributed by atoms with van der Waals surface area (Å²) < 4.78 is 0. The SMILES string of the molecule is CN(CC#N)C1CCCCC1CN. The molecule has 1 aliphatic carbocycles. The fourth-order valence-electron chi connectivity index (χ4n) is 2.27. The van der Waals surface area contributed by atoms with Gasteiger partial charge in [0, 0.05) is 6.04 Å². The molecule has 2 N–H and O–H groups in total. The highest BCUT2D eigenvalue weighted by Crippen LogP contribution is 2.26. The van der Waals surface area contributed by atoms with Gasteiger partial charge in [0.05, 0.1) is 12.6 Å². The summed E-state index contributed by atoms with van der Waals surface area (Å²) in [4.78, 5) is 2.15. The molecule has 0 aromatic carbocycles. The lowest BCUT2D eigenvalue weighted by Crippen LogP contribution is -2.43. The molecule has 1 saturated carbocycles.